The number of nitrogens with zero attached hydrogens (tertiary/aromatic N) is 1. The number of para-hydroxylation sites is 1. The smallest absolute Gasteiger partial charge is 0.239 e. The number of hydrogen-bond acceptors (Lipinski definition) is 2. The quantitative estimate of drug-likeness (QED) is 0.760. The highest BCUT2D eigenvalue weighted by Gasteiger charge is 2.09. The third-order valence-electron chi connectivity index (χ3n) is 3.40. The van der Waals surface area contributed by atoms with E-state index in [9.17, 15) is 4.79 Å². The lowest BCUT2D eigenvalue weighted by molar-refractivity contribution is -0.121. The molecule has 2 N–H and O–H groups in total. The Kier molecular flexibility index (Phi) is 5.18. The van der Waals surface area contributed by atoms with Crippen LogP contribution in [0.5, 0.6) is 0 Å². The van der Waals surface area contributed by atoms with Gasteiger partial charge in [-0.1, -0.05) is 31.5 Å². The molecule has 0 aliphatic rings. The minimum atomic E-state index is 0.0789. The van der Waals surface area contributed by atoms with Crippen LogP contribution in [0.3, 0.4) is 0 Å². The fourth-order valence-corrected chi connectivity index (χ4v) is 2.40. The van der Waals surface area contributed by atoms with Gasteiger partial charge in [0.2, 0.25) is 5.91 Å². The van der Waals surface area contributed by atoms with E-state index in [0.29, 0.717) is 6.54 Å². The standard InChI is InChI=1S/C16H23N3O/c1-3-4-9-18-16(20)12-19-11-13(10-17-2)14-7-5-6-8-15(14)19/h5-8,11,17H,3-4,9-10,12H2,1-2H3,(H,18,20). The predicted octanol–water partition coefficient (Wildman–Crippen LogP) is 2.28. The number of benzene rings is 1. The van der Waals surface area contributed by atoms with Gasteiger partial charge in [-0.2, -0.15) is 0 Å². The molecule has 0 bridgehead atoms. The van der Waals surface area contributed by atoms with Crippen molar-refractivity contribution in [3.63, 3.8) is 0 Å². The number of carbonyl (C=O) groups is 1. The van der Waals surface area contributed by atoms with Crippen molar-refractivity contribution >= 4 is 16.8 Å². The van der Waals surface area contributed by atoms with Crippen molar-refractivity contribution in [2.75, 3.05) is 13.6 Å². The van der Waals surface area contributed by atoms with E-state index in [1.807, 2.05) is 23.7 Å². The third-order valence-corrected chi connectivity index (χ3v) is 3.40. The highest BCUT2D eigenvalue weighted by molar-refractivity contribution is 5.86. The number of unbranched alkanes of at least 4 members (excludes halogenated alkanes) is 1. The minimum absolute atomic E-state index is 0.0789. The predicted molar refractivity (Wildman–Crippen MR) is 82.6 cm³/mol. The van der Waals surface area contributed by atoms with Gasteiger partial charge in [0.15, 0.2) is 0 Å². The molecule has 0 saturated carbocycles. The van der Waals surface area contributed by atoms with Gasteiger partial charge in [0, 0.05) is 30.2 Å². The van der Waals surface area contributed by atoms with Crippen molar-refractivity contribution in [3.8, 4) is 0 Å². The van der Waals surface area contributed by atoms with Crippen LogP contribution in [0.1, 0.15) is 25.3 Å². The normalized spacial score (nSPS) is 10.9. The van der Waals surface area contributed by atoms with Crippen LogP contribution in [0.2, 0.25) is 0 Å². The van der Waals surface area contributed by atoms with Crippen molar-refractivity contribution in [3.05, 3.63) is 36.0 Å². The first-order valence-electron chi connectivity index (χ1n) is 7.24. The van der Waals surface area contributed by atoms with Gasteiger partial charge in [0.1, 0.15) is 6.54 Å². The molecule has 2 aromatic rings. The monoisotopic (exact) mass is 273 g/mol. The molecule has 0 spiro atoms. The van der Waals surface area contributed by atoms with Gasteiger partial charge in [-0.3, -0.25) is 4.79 Å². The molecule has 0 saturated heterocycles. The maximum Gasteiger partial charge on any atom is 0.239 e. The van der Waals surface area contributed by atoms with Crippen molar-refractivity contribution in [2.24, 2.45) is 0 Å². The number of amides is 1. The summed E-state index contributed by atoms with van der Waals surface area (Å²) in [5.74, 6) is 0.0789. The lowest BCUT2D eigenvalue weighted by Crippen LogP contribution is -2.28. The first-order valence-corrected chi connectivity index (χ1v) is 7.24. The molecule has 2 rings (SSSR count). The fraction of sp³-hybridized carbons (Fsp3) is 0.438. The summed E-state index contributed by atoms with van der Waals surface area (Å²) in [4.78, 5) is 12.0. The van der Waals surface area contributed by atoms with E-state index in [-0.39, 0.29) is 5.91 Å². The third kappa shape index (κ3) is 3.39. The molecule has 0 atom stereocenters. The second-order valence-corrected chi connectivity index (χ2v) is 5.03. The Hall–Kier alpha value is -1.81. The number of fused-ring (bicyclic) bond motifs is 1. The zero-order chi connectivity index (χ0) is 14.4. The number of rotatable bonds is 7. The number of aromatic nitrogens is 1. The first-order chi connectivity index (χ1) is 9.76. The van der Waals surface area contributed by atoms with Crippen LogP contribution < -0.4 is 10.6 Å². The Balaban J connectivity index is 2.15. The highest BCUT2D eigenvalue weighted by atomic mass is 16.1. The molecule has 1 aromatic carbocycles. The largest absolute Gasteiger partial charge is 0.355 e. The van der Waals surface area contributed by atoms with E-state index < -0.39 is 0 Å². The molecule has 4 nitrogen and oxygen atoms in total. The molecule has 0 radical (unpaired) electrons. The lowest BCUT2D eigenvalue weighted by Gasteiger charge is -2.06. The van der Waals surface area contributed by atoms with Crippen LogP contribution in [0.25, 0.3) is 10.9 Å². The van der Waals surface area contributed by atoms with Crippen LogP contribution in [-0.4, -0.2) is 24.1 Å². The second-order valence-electron chi connectivity index (χ2n) is 5.03. The molecule has 0 unspecified atom stereocenters. The Labute approximate surface area is 120 Å². The molecule has 0 aliphatic heterocycles. The van der Waals surface area contributed by atoms with Crippen LogP contribution >= 0.6 is 0 Å². The van der Waals surface area contributed by atoms with Gasteiger partial charge >= 0.3 is 0 Å². The topological polar surface area (TPSA) is 46.1 Å². The minimum Gasteiger partial charge on any atom is -0.355 e. The van der Waals surface area contributed by atoms with Crippen LogP contribution in [0.4, 0.5) is 0 Å². The molecule has 1 aromatic heterocycles. The zero-order valence-electron chi connectivity index (χ0n) is 12.3. The van der Waals surface area contributed by atoms with E-state index in [4.69, 9.17) is 0 Å². The summed E-state index contributed by atoms with van der Waals surface area (Å²) in [6.07, 6.45) is 4.20. The van der Waals surface area contributed by atoms with Crippen LogP contribution in [0, 0.1) is 0 Å². The van der Waals surface area contributed by atoms with E-state index in [1.165, 1.54) is 10.9 Å². The number of hydrogen-bond donors (Lipinski definition) is 2. The Morgan fingerprint density at radius 3 is 2.85 bits per heavy atom. The Morgan fingerprint density at radius 1 is 1.30 bits per heavy atom. The molecular weight excluding hydrogens is 250 g/mol. The van der Waals surface area contributed by atoms with Gasteiger partial charge in [0.05, 0.1) is 0 Å². The second kappa shape index (κ2) is 7.10. The van der Waals surface area contributed by atoms with E-state index >= 15 is 0 Å². The Morgan fingerprint density at radius 2 is 2.10 bits per heavy atom. The highest BCUT2D eigenvalue weighted by Crippen LogP contribution is 2.21. The van der Waals surface area contributed by atoms with Crippen molar-refractivity contribution in [2.45, 2.75) is 32.9 Å². The van der Waals surface area contributed by atoms with E-state index in [2.05, 4.69) is 35.9 Å². The van der Waals surface area contributed by atoms with Crippen LogP contribution in [0.15, 0.2) is 30.5 Å². The summed E-state index contributed by atoms with van der Waals surface area (Å²) in [5, 5.41) is 7.34. The summed E-state index contributed by atoms with van der Waals surface area (Å²) < 4.78 is 2.03. The molecule has 1 heterocycles. The number of carbonyl (C=O) groups excluding carboxylic acids is 1. The van der Waals surface area contributed by atoms with Gasteiger partial charge < -0.3 is 15.2 Å². The zero-order valence-corrected chi connectivity index (χ0v) is 12.3. The van der Waals surface area contributed by atoms with E-state index in [0.717, 1.165) is 31.4 Å². The van der Waals surface area contributed by atoms with E-state index in [1.54, 1.807) is 0 Å². The SMILES string of the molecule is CCCCNC(=O)Cn1cc(CNC)c2ccccc21. The molecule has 0 fully saturated rings. The maximum atomic E-state index is 12.0. The van der Waals surface area contributed by atoms with Gasteiger partial charge in [0.25, 0.3) is 0 Å². The molecule has 108 valence electrons. The summed E-state index contributed by atoms with van der Waals surface area (Å²) >= 11 is 0. The summed E-state index contributed by atoms with van der Waals surface area (Å²) in [7, 11) is 1.93. The summed E-state index contributed by atoms with van der Waals surface area (Å²) in [5.41, 5.74) is 2.34. The average molecular weight is 273 g/mol. The van der Waals surface area contributed by atoms with Gasteiger partial charge in [-0.15, -0.1) is 0 Å². The number of nitrogens with one attached hydrogen (secondary N) is 2. The van der Waals surface area contributed by atoms with Crippen molar-refractivity contribution in [1.29, 1.82) is 0 Å². The average Bonchev–Trinajstić information content (AvgIpc) is 2.78. The summed E-state index contributed by atoms with van der Waals surface area (Å²) in [6.45, 7) is 4.08. The van der Waals surface area contributed by atoms with Crippen LogP contribution in [-0.2, 0) is 17.9 Å². The van der Waals surface area contributed by atoms with Gasteiger partial charge in [-0.05, 0) is 25.1 Å². The van der Waals surface area contributed by atoms with Crippen molar-refractivity contribution in [1.82, 2.24) is 15.2 Å². The summed E-state index contributed by atoms with van der Waals surface area (Å²) in [6, 6.07) is 8.21. The lowest BCUT2D eigenvalue weighted by atomic mass is 10.2. The molecular formula is C16H23N3O. The molecule has 0 aliphatic carbocycles. The molecule has 4 heteroatoms. The fourth-order valence-electron chi connectivity index (χ4n) is 2.40. The molecule has 20 heavy (non-hydrogen) atoms. The van der Waals surface area contributed by atoms with Gasteiger partial charge in [-0.25, -0.2) is 0 Å². The van der Waals surface area contributed by atoms with Crippen molar-refractivity contribution < 1.29 is 4.79 Å². The Bertz CT molecular complexity index is 574. The molecule has 1 amide bonds. The first kappa shape index (κ1) is 14.6. The maximum absolute atomic E-state index is 12.0.